The third kappa shape index (κ3) is 3.58. The van der Waals surface area contributed by atoms with E-state index in [0.717, 1.165) is 26.2 Å². The molecule has 20 heavy (non-hydrogen) atoms. The number of nitrogens with zero attached hydrogens (tertiary/aromatic N) is 2. The van der Waals surface area contributed by atoms with Crippen molar-refractivity contribution in [3.05, 3.63) is 11.8 Å². The van der Waals surface area contributed by atoms with Gasteiger partial charge in [-0.2, -0.15) is 0 Å². The van der Waals surface area contributed by atoms with Gasteiger partial charge in [-0.1, -0.05) is 5.16 Å². The molecule has 1 saturated heterocycles. The SMILES string of the molecule is Cc1cc(NC(=O)CN(C[C@@H]2CCOC2)C2CC2)no1. The largest absolute Gasteiger partial charge is 0.381 e. The van der Waals surface area contributed by atoms with Crippen LogP contribution in [0.15, 0.2) is 10.6 Å². The Bertz CT molecular complexity index is 464. The van der Waals surface area contributed by atoms with Crippen LogP contribution < -0.4 is 5.32 Å². The predicted molar refractivity (Wildman–Crippen MR) is 73.4 cm³/mol. The molecular formula is C14H21N3O3. The molecule has 0 unspecified atom stereocenters. The van der Waals surface area contributed by atoms with Crippen molar-refractivity contribution in [1.29, 1.82) is 0 Å². The van der Waals surface area contributed by atoms with E-state index in [1.54, 1.807) is 13.0 Å². The molecule has 6 heteroatoms. The number of anilines is 1. The Morgan fingerprint density at radius 1 is 1.50 bits per heavy atom. The maximum atomic E-state index is 12.1. The van der Waals surface area contributed by atoms with Crippen molar-refractivity contribution in [2.24, 2.45) is 5.92 Å². The monoisotopic (exact) mass is 279 g/mol. The number of hydrogen-bond acceptors (Lipinski definition) is 5. The van der Waals surface area contributed by atoms with Crippen LogP contribution in [0.5, 0.6) is 0 Å². The summed E-state index contributed by atoms with van der Waals surface area (Å²) in [7, 11) is 0. The molecule has 1 saturated carbocycles. The van der Waals surface area contributed by atoms with Gasteiger partial charge in [-0.05, 0) is 32.1 Å². The van der Waals surface area contributed by atoms with E-state index in [0.29, 0.717) is 30.1 Å². The van der Waals surface area contributed by atoms with Crippen molar-refractivity contribution in [3.63, 3.8) is 0 Å². The second-order valence-electron chi connectivity index (χ2n) is 5.76. The third-order valence-electron chi connectivity index (χ3n) is 3.82. The Kier molecular flexibility index (Phi) is 4.03. The van der Waals surface area contributed by atoms with Crippen molar-refractivity contribution in [3.8, 4) is 0 Å². The van der Waals surface area contributed by atoms with Crippen LogP contribution in [0.25, 0.3) is 0 Å². The Hall–Kier alpha value is -1.40. The number of aromatic nitrogens is 1. The number of ether oxygens (including phenoxy) is 1. The van der Waals surface area contributed by atoms with Crippen LogP contribution in [-0.4, -0.2) is 48.3 Å². The number of rotatable bonds is 6. The molecule has 1 aromatic rings. The van der Waals surface area contributed by atoms with Gasteiger partial charge in [-0.3, -0.25) is 9.69 Å². The standard InChI is InChI=1S/C14H21N3O3/c1-10-6-13(16-20-10)15-14(18)8-17(12-2-3-12)7-11-4-5-19-9-11/h6,11-12H,2-5,7-9H2,1H3,(H,15,16,18)/t11-/m0/s1. The molecule has 3 rings (SSSR count). The lowest BCUT2D eigenvalue weighted by Crippen LogP contribution is -2.38. The number of carbonyl (C=O) groups excluding carboxylic acids is 1. The normalized spacial score (nSPS) is 22.4. The number of amides is 1. The fourth-order valence-electron chi connectivity index (χ4n) is 2.63. The van der Waals surface area contributed by atoms with E-state index in [2.05, 4.69) is 15.4 Å². The lowest BCUT2D eigenvalue weighted by atomic mass is 10.1. The highest BCUT2D eigenvalue weighted by molar-refractivity contribution is 5.91. The zero-order valence-electron chi connectivity index (χ0n) is 11.8. The fraction of sp³-hybridized carbons (Fsp3) is 0.714. The lowest BCUT2D eigenvalue weighted by molar-refractivity contribution is -0.117. The van der Waals surface area contributed by atoms with Gasteiger partial charge in [0.05, 0.1) is 13.2 Å². The first-order valence-electron chi connectivity index (χ1n) is 7.25. The van der Waals surface area contributed by atoms with E-state index in [1.807, 2.05) is 0 Å². The summed E-state index contributed by atoms with van der Waals surface area (Å²) in [5.74, 6) is 1.73. The molecule has 1 atom stereocenters. The minimum absolute atomic E-state index is 0.0240. The summed E-state index contributed by atoms with van der Waals surface area (Å²) in [6.07, 6.45) is 3.50. The van der Waals surface area contributed by atoms with E-state index in [4.69, 9.17) is 9.26 Å². The first kappa shape index (κ1) is 13.6. The van der Waals surface area contributed by atoms with Crippen molar-refractivity contribution in [2.75, 3.05) is 31.6 Å². The topological polar surface area (TPSA) is 67.6 Å². The lowest BCUT2D eigenvalue weighted by Gasteiger charge is -2.23. The van der Waals surface area contributed by atoms with Crippen LogP contribution in [-0.2, 0) is 9.53 Å². The minimum Gasteiger partial charge on any atom is -0.381 e. The molecule has 1 N–H and O–H groups in total. The second kappa shape index (κ2) is 5.93. The van der Waals surface area contributed by atoms with E-state index in [1.165, 1.54) is 12.8 Å². The molecule has 1 aromatic heterocycles. The van der Waals surface area contributed by atoms with Crippen molar-refractivity contribution in [1.82, 2.24) is 10.1 Å². The smallest absolute Gasteiger partial charge is 0.239 e. The fourth-order valence-corrected chi connectivity index (χ4v) is 2.63. The summed E-state index contributed by atoms with van der Waals surface area (Å²) < 4.78 is 10.4. The zero-order valence-corrected chi connectivity index (χ0v) is 11.8. The first-order chi connectivity index (χ1) is 9.70. The van der Waals surface area contributed by atoms with Crippen LogP contribution in [0.4, 0.5) is 5.82 Å². The molecule has 1 aliphatic heterocycles. The molecule has 2 fully saturated rings. The van der Waals surface area contributed by atoms with Gasteiger partial charge in [0, 0.05) is 25.3 Å². The van der Waals surface area contributed by atoms with E-state index in [9.17, 15) is 4.79 Å². The molecule has 1 amide bonds. The highest BCUT2D eigenvalue weighted by Crippen LogP contribution is 2.28. The number of hydrogen-bond donors (Lipinski definition) is 1. The molecular weight excluding hydrogens is 258 g/mol. The quantitative estimate of drug-likeness (QED) is 0.853. The Morgan fingerprint density at radius 2 is 2.35 bits per heavy atom. The Morgan fingerprint density at radius 3 is 2.95 bits per heavy atom. The number of aryl methyl sites for hydroxylation is 1. The maximum absolute atomic E-state index is 12.1. The molecule has 6 nitrogen and oxygen atoms in total. The van der Waals surface area contributed by atoms with Gasteiger partial charge >= 0.3 is 0 Å². The van der Waals surface area contributed by atoms with Crippen LogP contribution in [0.3, 0.4) is 0 Å². The molecule has 0 aromatic carbocycles. The zero-order chi connectivity index (χ0) is 13.9. The maximum Gasteiger partial charge on any atom is 0.239 e. The highest BCUT2D eigenvalue weighted by Gasteiger charge is 2.32. The number of carbonyl (C=O) groups is 1. The predicted octanol–water partition coefficient (Wildman–Crippen LogP) is 1.42. The van der Waals surface area contributed by atoms with Gasteiger partial charge < -0.3 is 14.6 Å². The summed E-state index contributed by atoms with van der Waals surface area (Å²) in [6.45, 7) is 4.86. The van der Waals surface area contributed by atoms with Crippen LogP contribution in [0, 0.1) is 12.8 Å². The summed E-state index contributed by atoms with van der Waals surface area (Å²) >= 11 is 0. The van der Waals surface area contributed by atoms with E-state index < -0.39 is 0 Å². The molecule has 2 heterocycles. The van der Waals surface area contributed by atoms with Gasteiger partial charge in [0.1, 0.15) is 5.76 Å². The highest BCUT2D eigenvalue weighted by atomic mass is 16.5. The Balaban J connectivity index is 1.51. The van der Waals surface area contributed by atoms with Crippen molar-refractivity contribution >= 4 is 11.7 Å². The average Bonchev–Trinajstić information content (AvgIpc) is 2.99. The minimum atomic E-state index is -0.0240. The molecule has 1 aliphatic carbocycles. The van der Waals surface area contributed by atoms with Gasteiger partial charge in [0.25, 0.3) is 0 Å². The summed E-state index contributed by atoms with van der Waals surface area (Å²) in [4.78, 5) is 14.4. The summed E-state index contributed by atoms with van der Waals surface area (Å²) in [5.41, 5.74) is 0. The van der Waals surface area contributed by atoms with Gasteiger partial charge in [0.15, 0.2) is 5.82 Å². The molecule has 110 valence electrons. The molecule has 0 bridgehead atoms. The average molecular weight is 279 g/mol. The van der Waals surface area contributed by atoms with Gasteiger partial charge in [-0.25, -0.2) is 0 Å². The Labute approximate surface area is 118 Å². The van der Waals surface area contributed by atoms with E-state index >= 15 is 0 Å². The molecule has 0 spiro atoms. The summed E-state index contributed by atoms with van der Waals surface area (Å²) in [6, 6.07) is 2.30. The van der Waals surface area contributed by atoms with Crippen LogP contribution >= 0.6 is 0 Å². The van der Waals surface area contributed by atoms with Crippen molar-refractivity contribution in [2.45, 2.75) is 32.2 Å². The van der Waals surface area contributed by atoms with Crippen molar-refractivity contribution < 1.29 is 14.1 Å². The molecule has 0 radical (unpaired) electrons. The first-order valence-corrected chi connectivity index (χ1v) is 7.25. The van der Waals surface area contributed by atoms with Crippen LogP contribution in [0.1, 0.15) is 25.0 Å². The van der Waals surface area contributed by atoms with Gasteiger partial charge in [0.2, 0.25) is 5.91 Å². The van der Waals surface area contributed by atoms with Gasteiger partial charge in [-0.15, -0.1) is 0 Å². The third-order valence-corrected chi connectivity index (χ3v) is 3.82. The van der Waals surface area contributed by atoms with Crippen LogP contribution in [0.2, 0.25) is 0 Å². The van der Waals surface area contributed by atoms with E-state index in [-0.39, 0.29) is 5.91 Å². The summed E-state index contributed by atoms with van der Waals surface area (Å²) in [5, 5.41) is 6.57. The molecule has 2 aliphatic rings. The number of nitrogens with one attached hydrogen (secondary N) is 1. The second-order valence-corrected chi connectivity index (χ2v) is 5.76.